The highest BCUT2D eigenvalue weighted by Crippen LogP contribution is 2.06. The average Bonchev–Trinajstić information content (AvgIpc) is 2.36. The molecule has 0 aliphatic carbocycles. The lowest BCUT2D eigenvalue weighted by Gasteiger charge is -2.11. The molecule has 0 saturated carbocycles. The number of nitrogens with one attached hydrogen (secondary N) is 1. The quantitative estimate of drug-likeness (QED) is 0.807. The van der Waals surface area contributed by atoms with Gasteiger partial charge in [0.15, 0.2) is 0 Å². The second-order valence-corrected chi connectivity index (χ2v) is 3.52. The highest BCUT2D eigenvalue weighted by atomic mass is 16.5. The number of carbonyl (C=O) groups excluding carboxylic acids is 1. The van der Waals surface area contributed by atoms with Crippen molar-refractivity contribution >= 4 is 5.91 Å². The first-order valence-corrected chi connectivity index (χ1v) is 5.55. The van der Waals surface area contributed by atoms with Crippen molar-refractivity contribution in [3.8, 4) is 5.88 Å². The molecule has 1 rings (SSSR count). The molecule has 0 saturated heterocycles. The van der Waals surface area contributed by atoms with E-state index >= 15 is 0 Å². The van der Waals surface area contributed by atoms with Crippen molar-refractivity contribution in [2.24, 2.45) is 0 Å². The van der Waals surface area contributed by atoms with E-state index in [4.69, 9.17) is 9.47 Å². The van der Waals surface area contributed by atoms with Crippen LogP contribution in [-0.4, -0.2) is 30.7 Å². The molecular formula is C12H18N2O3. The number of carbonyl (C=O) groups is 1. The van der Waals surface area contributed by atoms with Gasteiger partial charge >= 0.3 is 0 Å². The third-order valence-electron chi connectivity index (χ3n) is 2.26. The standard InChI is InChI=1S/C12H18N2O3/c1-4-17-9(2)12(15)14-8-10-5-6-11(16-3)13-7-10/h5-7,9H,4,8H2,1-3H3,(H,14,15). The lowest BCUT2D eigenvalue weighted by atomic mass is 10.2. The van der Waals surface area contributed by atoms with Crippen molar-refractivity contribution < 1.29 is 14.3 Å². The van der Waals surface area contributed by atoms with Crippen molar-refractivity contribution in [2.75, 3.05) is 13.7 Å². The Balaban J connectivity index is 2.41. The van der Waals surface area contributed by atoms with Crippen molar-refractivity contribution in [3.63, 3.8) is 0 Å². The molecule has 0 bridgehead atoms. The van der Waals surface area contributed by atoms with Gasteiger partial charge in [-0.25, -0.2) is 4.98 Å². The van der Waals surface area contributed by atoms with E-state index in [2.05, 4.69) is 10.3 Å². The normalized spacial score (nSPS) is 11.9. The first-order chi connectivity index (χ1) is 8.17. The number of ether oxygens (including phenoxy) is 2. The Morgan fingerprint density at radius 2 is 2.29 bits per heavy atom. The summed E-state index contributed by atoms with van der Waals surface area (Å²) in [5, 5.41) is 2.78. The van der Waals surface area contributed by atoms with Gasteiger partial charge in [-0.3, -0.25) is 4.79 Å². The number of hydrogen-bond donors (Lipinski definition) is 1. The molecule has 0 aliphatic heterocycles. The van der Waals surface area contributed by atoms with E-state index in [0.29, 0.717) is 19.0 Å². The minimum atomic E-state index is -0.425. The number of aromatic nitrogens is 1. The Morgan fingerprint density at radius 3 is 2.82 bits per heavy atom. The Labute approximate surface area is 101 Å². The first kappa shape index (κ1) is 13.4. The van der Waals surface area contributed by atoms with E-state index in [0.717, 1.165) is 5.56 Å². The van der Waals surface area contributed by atoms with Crippen LogP contribution >= 0.6 is 0 Å². The maximum atomic E-state index is 11.5. The molecule has 0 fully saturated rings. The van der Waals surface area contributed by atoms with Crippen molar-refractivity contribution in [2.45, 2.75) is 26.5 Å². The van der Waals surface area contributed by atoms with Gasteiger partial charge in [-0.05, 0) is 19.4 Å². The zero-order valence-electron chi connectivity index (χ0n) is 10.4. The van der Waals surface area contributed by atoms with E-state index in [1.54, 1.807) is 26.3 Å². The number of hydrogen-bond acceptors (Lipinski definition) is 4. The summed E-state index contributed by atoms with van der Waals surface area (Å²) in [6.45, 7) is 4.55. The first-order valence-electron chi connectivity index (χ1n) is 5.55. The second kappa shape index (κ2) is 6.85. The molecule has 1 aromatic heterocycles. The predicted molar refractivity (Wildman–Crippen MR) is 63.7 cm³/mol. The summed E-state index contributed by atoms with van der Waals surface area (Å²) in [4.78, 5) is 15.6. The fourth-order valence-electron chi connectivity index (χ4n) is 1.29. The molecule has 0 aliphatic rings. The fraction of sp³-hybridized carbons (Fsp3) is 0.500. The van der Waals surface area contributed by atoms with Crippen LogP contribution in [0.15, 0.2) is 18.3 Å². The van der Waals surface area contributed by atoms with Crippen molar-refractivity contribution in [3.05, 3.63) is 23.9 Å². The van der Waals surface area contributed by atoms with Gasteiger partial charge in [-0.15, -0.1) is 0 Å². The van der Waals surface area contributed by atoms with Crippen LogP contribution in [-0.2, 0) is 16.1 Å². The zero-order valence-corrected chi connectivity index (χ0v) is 10.4. The second-order valence-electron chi connectivity index (χ2n) is 3.52. The number of rotatable bonds is 6. The summed E-state index contributed by atoms with van der Waals surface area (Å²) in [7, 11) is 1.56. The van der Waals surface area contributed by atoms with Gasteiger partial charge in [0.2, 0.25) is 11.8 Å². The summed E-state index contributed by atoms with van der Waals surface area (Å²) in [5.41, 5.74) is 0.919. The molecule has 1 atom stereocenters. The lowest BCUT2D eigenvalue weighted by Crippen LogP contribution is -2.34. The maximum absolute atomic E-state index is 11.5. The monoisotopic (exact) mass is 238 g/mol. The molecule has 0 aromatic carbocycles. The van der Waals surface area contributed by atoms with Crippen LogP contribution in [0.1, 0.15) is 19.4 Å². The van der Waals surface area contributed by atoms with Gasteiger partial charge in [0, 0.05) is 25.4 Å². The summed E-state index contributed by atoms with van der Waals surface area (Å²) in [6.07, 6.45) is 1.25. The summed E-state index contributed by atoms with van der Waals surface area (Å²) in [5.74, 6) is 0.436. The van der Waals surface area contributed by atoms with E-state index in [9.17, 15) is 4.79 Å². The third-order valence-corrected chi connectivity index (χ3v) is 2.26. The van der Waals surface area contributed by atoms with Gasteiger partial charge in [-0.1, -0.05) is 6.07 Å². The van der Waals surface area contributed by atoms with Crippen LogP contribution in [0.3, 0.4) is 0 Å². The van der Waals surface area contributed by atoms with Crippen LogP contribution in [0.5, 0.6) is 5.88 Å². The molecule has 5 heteroatoms. The Kier molecular flexibility index (Phi) is 5.42. The maximum Gasteiger partial charge on any atom is 0.249 e. The van der Waals surface area contributed by atoms with Crippen LogP contribution in [0.4, 0.5) is 0 Å². The van der Waals surface area contributed by atoms with Gasteiger partial charge in [0.25, 0.3) is 0 Å². The topological polar surface area (TPSA) is 60.5 Å². The minimum absolute atomic E-state index is 0.123. The smallest absolute Gasteiger partial charge is 0.249 e. The lowest BCUT2D eigenvalue weighted by molar-refractivity contribution is -0.131. The van der Waals surface area contributed by atoms with E-state index in [1.807, 2.05) is 13.0 Å². The minimum Gasteiger partial charge on any atom is -0.481 e. The molecule has 1 aromatic rings. The van der Waals surface area contributed by atoms with Crippen molar-refractivity contribution in [1.82, 2.24) is 10.3 Å². The van der Waals surface area contributed by atoms with Crippen LogP contribution in [0.25, 0.3) is 0 Å². The highest BCUT2D eigenvalue weighted by molar-refractivity contribution is 5.80. The Hall–Kier alpha value is -1.62. The van der Waals surface area contributed by atoms with E-state index in [1.165, 1.54) is 0 Å². The summed E-state index contributed by atoms with van der Waals surface area (Å²) >= 11 is 0. The molecule has 0 spiro atoms. The van der Waals surface area contributed by atoms with Gasteiger partial charge in [0.1, 0.15) is 6.10 Å². The fourth-order valence-corrected chi connectivity index (χ4v) is 1.29. The molecule has 1 unspecified atom stereocenters. The number of nitrogens with zero attached hydrogens (tertiary/aromatic N) is 1. The van der Waals surface area contributed by atoms with Gasteiger partial charge in [-0.2, -0.15) is 0 Å². The van der Waals surface area contributed by atoms with Gasteiger partial charge < -0.3 is 14.8 Å². The molecule has 5 nitrogen and oxygen atoms in total. The number of pyridine rings is 1. The average molecular weight is 238 g/mol. The largest absolute Gasteiger partial charge is 0.481 e. The van der Waals surface area contributed by atoms with Crippen LogP contribution in [0, 0.1) is 0 Å². The molecule has 1 N–H and O–H groups in total. The summed E-state index contributed by atoms with van der Waals surface area (Å²) in [6, 6.07) is 3.62. The Bertz CT molecular complexity index is 351. The molecular weight excluding hydrogens is 220 g/mol. The Morgan fingerprint density at radius 1 is 1.53 bits per heavy atom. The number of amides is 1. The van der Waals surface area contributed by atoms with E-state index < -0.39 is 6.10 Å². The van der Waals surface area contributed by atoms with Crippen LogP contribution < -0.4 is 10.1 Å². The summed E-state index contributed by atoms with van der Waals surface area (Å²) < 4.78 is 10.1. The number of methoxy groups -OCH3 is 1. The van der Waals surface area contributed by atoms with Gasteiger partial charge in [0.05, 0.1) is 7.11 Å². The van der Waals surface area contributed by atoms with Crippen molar-refractivity contribution in [1.29, 1.82) is 0 Å². The third kappa shape index (κ3) is 4.40. The zero-order chi connectivity index (χ0) is 12.7. The SMILES string of the molecule is CCOC(C)C(=O)NCc1ccc(OC)nc1. The molecule has 0 radical (unpaired) electrons. The van der Waals surface area contributed by atoms with Crippen LogP contribution in [0.2, 0.25) is 0 Å². The molecule has 17 heavy (non-hydrogen) atoms. The molecule has 1 amide bonds. The predicted octanol–water partition coefficient (Wildman–Crippen LogP) is 1.13. The highest BCUT2D eigenvalue weighted by Gasteiger charge is 2.11. The van der Waals surface area contributed by atoms with E-state index in [-0.39, 0.29) is 5.91 Å². The molecule has 94 valence electrons. The molecule has 1 heterocycles.